The van der Waals surface area contributed by atoms with Crippen LogP contribution in [0.3, 0.4) is 0 Å². The molecular formula is C11H20N2O3. The average Bonchev–Trinajstić information content (AvgIpc) is 2.67. The van der Waals surface area contributed by atoms with E-state index < -0.39 is 0 Å². The Balaban J connectivity index is 1.95. The van der Waals surface area contributed by atoms with E-state index in [1.54, 1.807) is 0 Å². The highest BCUT2D eigenvalue weighted by Gasteiger charge is 2.36. The first-order valence-electron chi connectivity index (χ1n) is 5.89. The Kier molecular flexibility index (Phi) is 3.47. The molecule has 3 N–H and O–H groups in total. The summed E-state index contributed by atoms with van der Waals surface area (Å²) in [4.78, 5) is 14.0. The summed E-state index contributed by atoms with van der Waals surface area (Å²) < 4.78 is 5.21. The van der Waals surface area contributed by atoms with Crippen LogP contribution in [0.1, 0.15) is 13.3 Å². The van der Waals surface area contributed by atoms with Crippen LogP contribution in [-0.2, 0) is 9.53 Å². The number of hydrogen-bond donors (Lipinski definition) is 2. The molecule has 0 aromatic carbocycles. The number of amides is 1. The van der Waals surface area contributed by atoms with Gasteiger partial charge in [-0.15, -0.1) is 0 Å². The number of carbonyl (C=O) groups is 1. The number of ether oxygens (including phenoxy) is 1. The summed E-state index contributed by atoms with van der Waals surface area (Å²) in [5.41, 5.74) is 5.83. The van der Waals surface area contributed by atoms with Crippen LogP contribution >= 0.6 is 0 Å². The number of aliphatic hydroxyl groups is 1. The van der Waals surface area contributed by atoms with Crippen molar-refractivity contribution >= 4 is 5.91 Å². The van der Waals surface area contributed by atoms with E-state index in [4.69, 9.17) is 10.5 Å². The Hall–Kier alpha value is -0.650. The van der Waals surface area contributed by atoms with Gasteiger partial charge < -0.3 is 20.5 Å². The minimum atomic E-state index is -0.280. The highest BCUT2D eigenvalue weighted by atomic mass is 16.5. The van der Waals surface area contributed by atoms with Gasteiger partial charge in [0.2, 0.25) is 5.91 Å². The first-order chi connectivity index (χ1) is 7.59. The van der Waals surface area contributed by atoms with Gasteiger partial charge >= 0.3 is 0 Å². The van der Waals surface area contributed by atoms with E-state index in [0.717, 1.165) is 0 Å². The Morgan fingerprint density at radius 1 is 1.50 bits per heavy atom. The van der Waals surface area contributed by atoms with Gasteiger partial charge in [0.15, 0.2) is 0 Å². The van der Waals surface area contributed by atoms with Crippen molar-refractivity contribution in [2.45, 2.75) is 25.5 Å². The Morgan fingerprint density at radius 2 is 2.25 bits per heavy atom. The summed E-state index contributed by atoms with van der Waals surface area (Å²) in [6.07, 6.45) is 0.382. The van der Waals surface area contributed by atoms with Gasteiger partial charge in [-0.1, -0.05) is 6.92 Å². The fourth-order valence-corrected chi connectivity index (χ4v) is 2.39. The molecule has 0 aromatic heterocycles. The first kappa shape index (κ1) is 11.8. The summed E-state index contributed by atoms with van der Waals surface area (Å²) >= 11 is 0. The molecule has 0 bridgehead atoms. The first-order valence-corrected chi connectivity index (χ1v) is 5.89. The van der Waals surface area contributed by atoms with Gasteiger partial charge in [-0.2, -0.15) is 0 Å². The van der Waals surface area contributed by atoms with Crippen molar-refractivity contribution in [1.29, 1.82) is 0 Å². The molecule has 0 saturated carbocycles. The summed E-state index contributed by atoms with van der Waals surface area (Å²) in [5.74, 6) is 0.0439. The second-order valence-electron chi connectivity index (χ2n) is 4.93. The molecule has 2 aliphatic rings. The van der Waals surface area contributed by atoms with E-state index in [9.17, 15) is 9.90 Å². The standard InChI is InChI=1S/C11H20N2O3/c1-7-4-13(3-2-10(7)14)11(15)8-5-16-6-9(8)12/h7-10,14H,2-6,12H2,1H3. The number of aliphatic hydroxyl groups excluding tert-OH is 1. The fraction of sp³-hybridized carbons (Fsp3) is 0.909. The monoisotopic (exact) mass is 228 g/mol. The molecule has 92 valence electrons. The van der Waals surface area contributed by atoms with Gasteiger partial charge in [0.1, 0.15) is 0 Å². The van der Waals surface area contributed by atoms with Crippen LogP contribution in [-0.4, -0.2) is 54.4 Å². The lowest BCUT2D eigenvalue weighted by molar-refractivity contribution is -0.139. The predicted octanol–water partition coefficient (Wildman–Crippen LogP) is -0.811. The van der Waals surface area contributed by atoms with Gasteiger partial charge in [0, 0.05) is 19.1 Å². The zero-order valence-corrected chi connectivity index (χ0v) is 9.63. The van der Waals surface area contributed by atoms with E-state index in [1.165, 1.54) is 0 Å². The molecule has 2 heterocycles. The maximum Gasteiger partial charge on any atom is 0.229 e. The zero-order valence-electron chi connectivity index (χ0n) is 9.63. The molecule has 2 aliphatic heterocycles. The molecule has 4 atom stereocenters. The number of piperidine rings is 1. The van der Waals surface area contributed by atoms with E-state index in [0.29, 0.717) is 32.7 Å². The molecule has 0 spiro atoms. The van der Waals surface area contributed by atoms with Crippen LogP contribution < -0.4 is 5.73 Å². The molecular weight excluding hydrogens is 208 g/mol. The van der Waals surface area contributed by atoms with Crippen molar-refractivity contribution in [3.63, 3.8) is 0 Å². The Bertz CT molecular complexity index is 272. The van der Waals surface area contributed by atoms with Gasteiger partial charge in [-0.25, -0.2) is 0 Å². The number of likely N-dealkylation sites (tertiary alicyclic amines) is 1. The minimum absolute atomic E-state index is 0.0868. The largest absolute Gasteiger partial charge is 0.393 e. The number of nitrogens with zero attached hydrogens (tertiary/aromatic N) is 1. The molecule has 5 nitrogen and oxygen atoms in total. The Labute approximate surface area is 95.5 Å². The van der Waals surface area contributed by atoms with E-state index in [2.05, 4.69) is 0 Å². The van der Waals surface area contributed by atoms with E-state index in [-0.39, 0.29) is 29.9 Å². The predicted molar refractivity (Wildman–Crippen MR) is 58.7 cm³/mol. The maximum atomic E-state index is 12.1. The minimum Gasteiger partial charge on any atom is -0.393 e. The third-order valence-corrected chi connectivity index (χ3v) is 3.61. The highest BCUT2D eigenvalue weighted by molar-refractivity contribution is 5.80. The van der Waals surface area contributed by atoms with Crippen LogP contribution in [0.4, 0.5) is 0 Å². The topological polar surface area (TPSA) is 75.8 Å². The molecule has 0 radical (unpaired) electrons. The summed E-state index contributed by atoms with van der Waals surface area (Å²) in [6, 6.07) is -0.172. The molecule has 0 aromatic rings. The second kappa shape index (κ2) is 4.69. The lowest BCUT2D eigenvalue weighted by atomic mass is 9.94. The molecule has 16 heavy (non-hydrogen) atoms. The maximum absolute atomic E-state index is 12.1. The lowest BCUT2D eigenvalue weighted by Crippen LogP contribution is -2.50. The summed E-state index contributed by atoms with van der Waals surface area (Å²) in [5, 5.41) is 9.61. The van der Waals surface area contributed by atoms with E-state index in [1.807, 2.05) is 11.8 Å². The van der Waals surface area contributed by atoms with Gasteiger partial charge in [0.05, 0.1) is 25.2 Å². The molecule has 2 fully saturated rings. The summed E-state index contributed by atoms with van der Waals surface area (Å²) in [7, 11) is 0. The molecule has 4 unspecified atom stereocenters. The van der Waals surface area contributed by atoms with Crippen LogP contribution in [0.15, 0.2) is 0 Å². The molecule has 0 aliphatic carbocycles. The van der Waals surface area contributed by atoms with Crippen molar-refractivity contribution in [2.75, 3.05) is 26.3 Å². The highest BCUT2D eigenvalue weighted by Crippen LogP contribution is 2.21. The quantitative estimate of drug-likeness (QED) is 0.615. The van der Waals surface area contributed by atoms with Crippen molar-refractivity contribution in [2.24, 2.45) is 17.6 Å². The van der Waals surface area contributed by atoms with Gasteiger partial charge in [0.25, 0.3) is 0 Å². The third-order valence-electron chi connectivity index (χ3n) is 3.61. The Morgan fingerprint density at radius 3 is 2.81 bits per heavy atom. The fourth-order valence-electron chi connectivity index (χ4n) is 2.39. The third kappa shape index (κ3) is 2.21. The van der Waals surface area contributed by atoms with Crippen LogP contribution in [0.25, 0.3) is 0 Å². The molecule has 2 saturated heterocycles. The molecule has 2 rings (SSSR count). The number of nitrogens with two attached hydrogens (primary N) is 1. The van der Waals surface area contributed by atoms with Crippen molar-refractivity contribution in [3.8, 4) is 0 Å². The van der Waals surface area contributed by atoms with Crippen LogP contribution in [0, 0.1) is 11.8 Å². The summed E-state index contributed by atoms with van der Waals surface area (Å²) in [6.45, 7) is 4.14. The molecule has 5 heteroatoms. The lowest BCUT2D eigenvalue weighted by Gasteiger charge is -2.36. The van der Waals surface area contributed by atoms with Crippen molar-refractivity contribution in [1.82, 2.24) is 4.90 Å². The van der Waals surface area contributed by atoms with Crippen molar-refractivity contribution in [3.05, 3.63) is 0 Å². The second-order valence-corrected chi connectivity index (χ2v) is 4.93. The SMILES string of the molecule is CC1CN(C(=O)C2COCC2N)CCC1O. The van der Waals surface area contributed by atoms with Gasteiger partial charge in [-0.3, -0.25) is 4.79 Å². The average molecular weight is 228 g/mol. The smallest absolute Gasteiger partial charge is 0.229 e. The number of rotatable bonds is 1. The number of carbonyl (C=O) groups excluding carboxylic acids is 1. The van der Waals surface area contributed by atoms with Crippen molar-refractivity contribution < 1.29 is 14.6 Å². The number of hydrogen-bond acceptors (Lipinski definition) is 4. The van der Waals surface area contributed by atoms with Crippen LogP contribution in [0.5, 0.6) is 0 Å². The normalized spacial score (nSPS) is 40.1. The van der Waals surface area contributed by atoms with Gasteiger partial charge in [-0.05, 0) is 12.3 Å². The van der Waals surface area contributed by atoms with E-state index >= 15 is 0 Å². The zero-order chi connectivity index (χ0) is 11.7. The molecule has 1 amide bonds. The van der Waals surface area contributed by atoms with Crippen LogP contribution in [0.2, 0.25) is 0 Å².